The van der Waals surface area contributed by atoms with Crippen LogP contribution in [0.1, 0.15) is 46.6 Å². The number of rotatable bonds is 8. The number of esters is 2. The molecule has 5 heteroatoms. The summed E-state index contributed by atoms with van der Waals surface area (Å²) in [5.41, 5.74) is 1.29. The Labute approximate surface area is 166 Å². The molecule has 0 aromatic heterocycles. The van der Waals surface area contributed by atoms with Gasteiger partial charge in [-0.3, -0.25) is 0 Å². The van der Waals surface area contributed by atoms with Crippen molar-refractivity contribution in [1.29, 1.82) is 0 Å². The number of carbonyl (C=O) groups excluding carboxylic acids is 2. The number of allylic oxidation sites excluding steroid dienone is 1. The number of benzene rings is 2. The molecule has 0 spiro atoms. The van der Waals surface area contributed by atoms with Crippen LogP contribution in [0.3, 0.4) is 0 Å². The van der Waals surface area contributed by atoms with Crippen LogP contribution in [0.5, 0.6) is 5.75 Å². The van der Waals surface area contributed by atoms with Crippen LogP contribution in [0.4, 0.5) is 0 Å². The van der Waals surface area contributed by atoms with E-state index in [1.807, 2.05) is 64.1 Å². The molecule has 0 aliphatic carbocycles. The summed E-state index contributed by atoms with van der Waals surface area (Å²) in [5.74, 6) is -0.130. The van der Waals surface area contributed by atoms with E-state index in [0.717, 1.165) is 28.3 Å². The minimum Gasteiger partial charge on any atom is -0.482 e. The Morgan fingerprint density at radius 2 is 1.71 bits per heavy atom. The van der Waals surface area contributed by atoms with Gasteiger partial charge in [-0.05, 0) is 74.2 Å². The second-order valence-corrected chi connectivity index (χ2v) is 7.18. The SMILES string of the molecule is CCOC(=O)/C=C(\C)c1ccc2cc(OCC(=O)OC(C)(C)CC)ccc2c1. The van der Waals surface area contributed by atoms with Gasteiger partial charge in [0.05, 0.1) is 6.61 Å². The zero-order valence-corrected chi connectivity index (χ0v) is 17.2. The van der Waals surface area contributed by atoms with Gasteiger partial charge >= 0.3 is 11.9 Å². The second-order valence-electron chi connectivity index (χ2n) is 7.18. The van der Waals surface area contributed by atoms with E-state index in [-0.39, 0.29) is 18.5 Å². The van der Waals surface area contributed by atoms with Crippen molar-refractivity contribution in [2.24, 2.45) is 0 Å². The summed E-state index contributed by atoms with van der Waals surface area (Å²) in [4.78, 5) is 23.5. The monoisotopic (exact) mass is 384 g/mol. The standard InChI is InChI=1S/C23H28O5/c1-6-23(4,5)28-22(25)15-27-20-11-10-18-13-17(8-9-19(18)14-20)16(3)12-21(24)26-7-2/h8-14H,6-7,15H2,1-5H3/b16-12+. The molecule has 0 amide bonds. The topological polar surface area (TPSA) is 61.8 Å². The van der Waals surface area contributed by atoms with Gasteiger partial charge in [-0.15, -0.1) is 0 Å². The first-order chi connectivity index (χ1) is 13.2. The van der Waals surface area contributed by atoms with Crippen LogP contribution in [-0.4, -0.2) is 30.8 Å². The molecule has 2 aromatic carbocycles. The molecular weight excluding hydrogens is 356 g/mol. The number of carbonyl (C=O) groups is 2. The molecular formula is C23H28O5. The summed E-state index contributed by atoms with van der Waals surface area (Å²) >= 11 is 0. The molecule has 0 fully saturated rings. The van der Waals surface area contributed by atoms with E-state index >= 15 is 0 Å². The van der Waals surface area contributed by atoms with Crippen LogP contribution in [0.25, 0.3) is 16.3 Å². The van der Waals surface area contributed by atoms with Crippen molar-refractivity contribution in [3.8, 4) is 5.75 Å². The summed E-state index contributed by atoms with van der Waals surface area (Å²) < 4.78 is 15.9. The Hall–Kier alpha value is -2.82. The fourth-order valence-corrected chi connectivity index (χ4v) is 2.55. The van der Waals surface area contributed by atoms with Gasteiger partial charge in [0, 0.05) is 6.08 Å². The van der Waals surface area contributed by atoms with Crippen LogP contribution in [0.15, 0.2) is 42.5 Å². The van der Waals surface area contributed by atoms with E-state index in [9.17, 15) is 9.59 Å². The highest BCUT2D eigenvalue weighted by Gasteiger charge is 2.20. The van der Waals surface area contributed by atoms with Gasteiger partial charge in [-0.1, -0.05) is 25.1 Å². The lowest BCUT2D eigenvalue weighted by Gasteiger charge is -2.23. The van der Waals surface area contributed by atoms with Gasteiger partial charge < -0.3 is 14.2 Å². The zero-order chi connectivity index (χ0) is 20.7. The lowest BCUT2D eigenvalue weighted by molar-refractivity contribution is -0.159. The summed E-state index contributed by atoms with van der Waals surface area (Å²) in [6, 6.07) is 11.5. The minimum absolute atomic E-state index is 0.131. The maximum Gasteiger partial charge on any atom is 0.344 e. The van der Waals surface area contributed by atoms with Crippen molar-refractivity contribution in [2.45, 2.75) is 46.6 Å². The third kappa shape index (κ3) is 6.12. The number of ether oxygens (including phenoxy) is 3. The van der Waals surface area contributed by atoms with Gasteiger partial charge in [0.1, 0.15) is 11.4 Å². The average Bonchev–Trinajstić information content (AvgIpc) is 2.65. The quantitative estimate of drug-likeness (QED) is 0.478. The van der Waals surface area contributed by atoms with Crippen molar-refractivity contribution in [3.63, 3.8) is 0 Å². The molecule has 5 nitrogen and oxygen atoms in total. The maximum absolute atomic E-state index is 11.9. The summed E-state index contributed by atoms with van der Waals surface area (Å²) in [5, 5.41) is 1.99. The first kappa shape index (κ1) is 21.5. The molecule has 0 bridgehead atoms. The van der Waals surface area contributed by atoms with Crippen molar-refractivity contribution in [3.05, 3.63) is 48.0 Å². The van der Waals surface area contributed by atoms with Crippen molar-refractivity contribution < 1.29 is 23.8 Å². The first-order valence-electron chi connectivity index (χ1n) is 9.48. The van der Waals surface area contributed by atoms with Crippen LogP contribution in [0, 0.1) is 0 Å². The van der Waals surface area contributed by atoms with Crippen LogP contribution in [-0.2, 0) is 19.1 Å². The Morgan fingerprint density at radius 1 is 1.04 bits per heavy atom. The smallest absolute Gasteiger partial charge is 0.344 e. The van der Waals surface area contributed by atoms with Gasteiger partial charge in [0.15, 0.2) is 6.61 Å². The molecule has 0 unspecified atom stereocenters. The molecule has 2 aromatic rings. The average molecular weight is 384 g/mol. The fourth-order valence-electron chi connectivity index (χ4n) is 2.55. The van der Waals surface area contributed by atoms with Crippen LogP contribution in [0.2, 0.25) is 0 Å². The summed E-state index contributed by atoms with van der Waals surface area (Å²) in [7, 11) is 0. The van der Waals surface area contributed by atoms with Gasteiger partial charge in [-0.25, -0.2) is 9.59 Å². The fraction of sp³-hybridized carbons (Fsp3) is 0.391. The summed E-state index contributed by atoms with van der Waals surface area (Å²) in [6.45, 7) is 9.59. The Bertz CT molecular complexity index is 880. The third-order valence-corrected chi connectivity index (χ3v) is 4.49. The Balaban J connectivity index is 2.08. The molecule has 0 saturated heterocycles. The Morgan fingerprint density at radius 3 is 2.39 bits per heavy atom. The Kier molecular flexibility index (Phi) is 7.21. The minimum atomic E-state index is -0.491. The van der Waals surface area contributed by atoms with Gasteiger partial charge in [0.25, 0.3) is 0 Å². The summed E-state index contributed by atoms with van der Waals surface area (Å²) in [6.07, 6.45) is 2.23. The van der Waals surface area contributed by atoms with E-state index < -0.39 is 5.60 Å². The zero-order valence-electron chi connectivity index (χ0n) is 17.2. The van der Waals surface area contributed by atoms with Crippen molar-refractivity contribution in [2.75, 3.05) is 13.2 Å². The molecule has 0 saturated carbocycles. The van der Waals surface area contributed by atoms with Gasteiger partial charge in [-0.2, -0.15) is 0 Å². The van der Waals surface area contributed by atoms with E-state index in [0.29, 0.717) is 12.4 Å². The normalized spacial score (nSPS) is 12.0. The van der Waals surface area contributed by atoms with E-state index in [1.54, 1.807) is 6.92 Å². The largest absolute Gasteiger partial charge is 0.482 e. The number of fused-ring (bicyclic) bond motifs is 1. The molecule has 2 rings (SSSR count). The number of hydrogen-bond donors (Lipinski definition) is 0. The van der Waals surface area contributed by atoms with Crippen molar-refractivity contribution >= 4 is 28.3 Å². The van der Waals surface area contributed by atoms with E-state index in [2.05, 4.69) is 0 Å². The predicted octanol–water partition coefficient (Wildman–Crippen LogP) is 4.92. The highest BCUT2D eigenvalue weighted by molar-refractivity contribution is 5.93. The molecule has 0 radical (unpaired) electrons. The third-order valence-electron chi connectivity index (χ3n) is 4.49. The molecule has 0 aliphatic rings. The molecule has 0 atom stereocenters. The molecule has 28 heavy (non-hydrogen) atoms. The molecule has 0 aliphatic heterocycles. The molecule has 0 N–H and O–H groups in total. The highest BCUT2D eigenvalue weighted by atomic mass is 16.6. The molecule has 150 valence electrons. The van der Waals surface area contributed by atoms with E-state index in [4.69, 9.17) is 14.2 Å². The second kappa shape index (κ2) is 9.40. The maximum atomic E-state index is 11.9. The lowest BCUT2D eigenvalue weighted by Crippen LogP contribution is -2.29. The van der Waals surface area contributed by atoms with E-state index in [1.165, 1.54) is 6.08 Å². The first-order valence-corrected chi connectivity index (χ1v) is 9.48. The van der Waals surface area contributed by atoms with Crippen LogP contribution < -0.4 is 4.74 Å². The van der Waals surface area contributed by atoms with Gasteiger partial charge in [0.2, 0.25) is 0 Å². The highest BCUT2D eigenvalue weighted by Crippen LogP contribution is 2.25. The number of hydrogen-bond acceptors (Lipinski definition) is 5. The van der Waals surface area contributed by atoms with Crippen LogP contribution >= 0.6 is 0 Å². The lowest BCUT2D eigenvalue weighted by atomic mass is 10.0. The van der Waals surface area contributed by atoms with Crippen molar-refractivity contribution in [1.82, 2.24) is 0 Å². The predicted molar refractivity (Wildman–Crippen MR) is 110 cm³/mol. The molecule has 0 heterocycles.